The van der Waals surface area contributed by atoms with Crippen molar-refractivity contribution in [2.75, 3.05) is 6.61 Å². The van der Waals surface area contributed by atoms with Gasteiger partial charge in [0.25, 0.3) is 0 Å². The number of Topliss-reactive ketones (excluding diaryl/α,β-unsaturated/α-hetero) is 1. The quantitative estimate of drug-likeness (QED) is 0.715. The molecule has 0 heterocycles. The second-order valence-electron chi connectivity index (χ2n) is 4.37. The van der Waals surface area contributed by atoms with Gasteiger partial charge in [0.1, 0.15) is 5.75 Å². The number of hydrogen-bond acceptors (Lipinski definition) is 2. The number of carbonyl (C=O) groups is 1. The van der Waals surface area contributed by atoms with Crippen molar-refractivity contribution in [3.8, 4) is 5.75 Å². The first kappa shape index (κ1) is 15.2. The van der Waals surface area contributed by atoms with Gasteiger partial charge in [0, 0.05) is 5.92 Å². The molecule has 0 amide bonds. The van der Waals surface area contributed by atoms with Crippen molar-refractivity contribution in [2.45, 2.75) is 40.5 Å². The Kier molecular flexibility index (Phi) is 5.86. The van der Waals surface area contributed by atoms with Gasteiger partial charge in [-0.2, -0.15) is 0 Å². The number of ketones is 1. The van der Waals surface area contributed by atoms with Crippen LogP contribution < -0.4 is 4.74 Å². The summed E-state index contributed by atoms with van der Waals surface area (Å²) in [5, 5.41) is 0. The van der Waals surface area contributed by atoms with Gasteiger partial charge in [0.2, 0.25) is 0 Å². The minimum absolute atomic E-state index is 0.0313. The second kappa shape index (κ2) is 6.93. The lowest BCUT2D eigenvalue weighted by Crippen LogP contribution is -2.15. The van der Waals surface area contributed by atoms with Crippen LogP contribution in [0.2, 0.25) is 0 Å². The Morgan fingerprint density at radius 3 is 2.50 bits per heavy atom. The molecule has 0 saturated carbocycles. The topological polar surface area (TPSA) is 26.3 Å². The monoisotopic (exact) mass is 312 g/mol. The molecule has 3 heteroatoms. The van der Waals surface area contributed by atoms with E-state index in [4.69, 9.17) is 4.74 Å². The largest absolute Gasteiger partial charge is 0.492 e. The molecule has 0 N–H and O–H groups in total. The predicted octanol–water partition coefficient (Wildman–Crippen LogP) is 4.64. The standard InChI is InChI=1S/C15H21BrO2/c1-5-10(4)14(17)13-11(6-2)8-9-12(16)15(13)18-7-3/h8-10H,5-7H2,1-4H3. The van der Waals surface area contributed by atoms with Crippen molar-refractivity contribution in [2.24, 2.45) is 5.92 Å². The third kappa shape index (κ3) is 3.14. The summed E-state index contributed by atoms with van der Waals surface area (Å²) in [7, 11) is 0. The number of benzene rings is 1. The summed E-state index contributed by atoms with van der Waals surface area (Å²) in [6, 6.07) is 3.96. The van der Waals surface area contributed by atoms with E-state index in [0.717, 1.165) is 28.4 Å². The van der Waals surface area contributed by atoms with Crippen LogP contribution in [0.3, 0.4) is 0 Å². The van der Waals surface area contributed by atoms with Gasteiger partial charge in [0.15, 0.2) is 5.78 Å². The first-order valence-corrected chi connectivity index (χ1v) is 7.34. The van der Waals surface area contributed by atoms with Gasteiger partial charge < -0.3 is 4.74 Å². The minimum atomic E-state index is 0.0313. The number of carbonyl (C=O) groups excluding carboxylic acids is 1. The average Bonchev–Trinajstić information content (AvgIpc) is 2.39. The van der Waals surface area contributed by atoms with Gasteiger partial charge in [-0.25, -0.2) is 0 Å². The molecule has 0 aromatic heterocycles. The third-order valence-electron chi connectivity index (χ3n) is 3.17. The zero-order valence-electron chi connectivity index (χ0n) is 11.5. The molecule has 18 heavy (non-hydrogen) atoms. The van der Waals surface area contributed by atoms with Crippen molar-refractivity contribution < 1.29 is 9.53 Å². The molecule has 2 nitrogen and oxygen atoms in total. The number of ether oxygens (including phenoxy) is 1. The molecule has 1 aromatic carbocycles. The van der Waals surface area contributed by atoms with E-state index in [1.54, 1.807) is 0 Å². The molecule has 1 rings (SSSR count). The van der Waals surface area contributed by atoms with Crippen molar-refractivity contribution >= 4 is 21.7 Å². The molecule has 1 unspecified atom stereocenters. The molecule has 0 fully saturated rings. The Morgan fingerprint density at radius 2 is 2.00 bits per heavy atom. The normalized spacial score (nSPS) is 12.3. The molecule has 0 aliphatic carbocycles. The second-order valence-corrected chi connectivity index (χ2v) is 5.23. The highest BCUT2D eigenvalue weighted by atomic mass is 79.9. The highest BCUT2D eigenvalue weighted by molar-refractivity contribution is 9.10. The van der Waals surface area contributed by atoms with Crippen LogP contribution in [0.25, 0.3) is 0 Å². The Morgan fingerprint density at radius 1 is 1.33 bits per heavy atom. The maximum atomic E-state index is 12.5. The van der Waals surface area contributed by atoms with Crippen molar-refractivity contribution in [3.05, 3.63) is 27.7 Å². The summed E-state index contributed by atoms with van der Waals surface area (Å²) >= 11 is 3.47. The van der Waals surface area contributed by atoms with Gasteiger partial charge in [-0.05, 0) is 47.3 Å². The van der Waals surface area contributed by atoms with E-state index in [1.807, 2.05) is 32.9 Å². The molecule has 100 valence electrons. The van der Waals surface area contributed by atoms with E-state index in [9.17, 15) is 4.79 Å². The fourth-order valence-electron chi connectivity index (χ4n) is 1.88. The predicted molar refractivity (Wildman–Crippen MR) is 78.5 cm³/mol. The fraction of sp³-hybridized carbons (Fsp3) is 0.533. The van der Waals surface area contributed by atoms with Crippen molar-refractivity contribution in [1.82, 2.24) is 0 Å². The number of aryl methyl sites for hydroxylation is 1. The van der Waals surface area contributed by atoms with Gasteiger partial charge in [-0.15, -0.1) is 0 Å². The van der Waals surface area contributed by atoms with E-state index < -0.39 is 0 Å². The van der Waals surface area contributed by atoms with Crippen LogP contribution in [-0.2, 0) is 6.42 Å². The molecule has 1 atom stereocenters. The smallest absolute Gasteiger partial charge is 0.169 e. The van der Waals surface area contributed by atoms with Crippen LogP contribution >= 0.6 is 15.9 Å². The summed E-state index contributed by atoms with van der Waals surface area (Å²) in [6.45, 7) is 8.56. The maximum absolute atomic E-state index is 12.5. The Labute approximate surface area is 118 Å². The lowest BCUT2D eigenvalue weighted by Gasteiger charge is -2.17. The Hall–Kier alpha value is -0.830. The zero-order chi connectivity index (χ0) is 13.7. The molecule has 0 spiro atoms. The van der Waals surface area contributed by atoms with Crippen molar-refractivity contribution in [1.29, 1.82) is 0 Å². The van der Waals surface area contributed by atoms with Crippen LogP contribution in [-0.4, -0.2) is 12.4 Å². The molecule has 0 bridgehead atoms. The summed E-state index contributed by atoms with van der Waals surface area (Å²) in [5.41, 5.74) is 1.81. The van der Waals surface area contributed by atoms with Crippen LogP contribution in [0, 0.1) is 5.92 Å². The van der Waals surface area contributed by atoms with E-state index in [0.29, 0.717) is 12.4 Å². The third-order valence-corrected chi connectivity index (χ3v) is 3.80. The summed E-state index contributed by atoms with van der Waals surface area (Å²) in [6.07, 6.45) is 1.69. The van der Waals surface area contributed by atoms with Gasteiger partial charge in [-0.3, -0.25) is 4.79 Å². The molecule has 0 saturated heterocycles. The molecular weight excluding hydrogens is 292 g/mol. The lowest BCUT2D eigenvalue weighted by molar-refractivity contribution is 0.0922. The lowest BCUT2D eigenvalue weighted by atomic mass is 9.92. The van der Waals surface area contributed by atoms with E-state index in [-0.39, 0.29) is 11.7 Å². The molecule has 0 aliphatic rings. The zero-order valence-corrected chi connectivity index (χ0v) is 13.1. The highest BCUT2D eigenvalue weighted by Crippen LogP contribution is 2.34. The first-order valence-electron chi connectivity index (χ1n) is 6.55. The van der Waals surface area contributed by atoms with Crippen LogP contribution in [0.1, 0.15) is 50.0 Å². The van der Waals surface area contributed by atoms with Gasteiger partial charge in [0.05, 0.1) is 16.6 Å². The van der Waals surface area contributed by atoms with Crippen LogP contribution in [0.15, 0.2) is 16.6 Å². The average molecular weight is 313 g/mol. The minimum Gasteiger partial charge on any atom is -0.492 e. The SMILES string of the molecule is CCOc1c(Br)ccc(CC)c1C(=O)C(C)CC. The molecule has 0 aliphatic heterocycles. The summed E-state index contributed by atoms with van der Waals surface area (Å²) in [4.78, 5) is 12.5. The molecule has 1 aromatic rings. The molecule has 0 radical (unpaired) electrons. The number of halogens is 1. The highest BCUT2D eigenvalue weighted by Gasteiger charge is 2.22. The number of hydrogen-bond donors (Lipinski definition) is 0. The Balaban J connectivity index is 3.36. The van der Waals surface area contributed by atoms with E-state index in [1.165, 1.54) is 0 Å². The van der Waals surface area contributed by atoms with Gasteiger partial charge in [-0.1, -0.05) is 26.8 Å². The van der Waals surface area contributed by atoms with Gasteiger partial charge >= 0.3 is 0 Å². The van der Waals surface area contributed by atoms with Crippen molar-refractivity contribution in [3.63, 3.8) is 0 Å². The van der Waals surface area contributed by atoms with Crippen LogP contribution in [0.4, 0.5) is 0 Å². The fourth-order valence-corrected chi connectivity index (χ4v) is 2.32. The summed E-state index contributed by atoms with van der Waals surface area (Å²) in [5.74, 6) is 0.907. The van der Waals surface area contributed by atoms with E-state index in [2.05, 4.69) is 22.9 Å². The van der Waals surface area contributed by atoms with Crippen LogP contribution in [0.5, 0.6) is 5.75 Å². The number of rotatable bonds is 6. The molecular formula is C15H21BrO2. The summed E-state index contributed by atoms with van der Waals surface area (Å²) < 4.78 is 6.51. The maximum Gasteiger partial charge on any atom is 0.169 e. The first-order chi connectivity index (χ1) is 8.56. The Bertz CT molecular complexity index is 427. The van der Waals surface area contributed by atoms with E-state index >= 15 is 0 Å².